The zero-order chi connectivity index (χ0) is 19.1. The minimum Gasteiger partial charge on any atom is -0.338 e. The topological polar surface area (TPSA) is 66.8 Å². The van der Waals surface area contributed by atoms with Gasteiger partial charge in [0.15, 0.2) is 5.65 Å². The summed E-state index contributed by atoms with van der Waals surface area (Å²) >= 11 is 5.56. The highest BCUT2D eigenvalue weighted by molar-refractivity contribution is 7.71. The van der Waals surface area contributed by atoms with Crippen molar-refractivity contribution < 1.29 is 0 Å². The second-order valence-corrected chi connectivity index (χ2v) is 7.17. The maximum atomic E-state index is 12.8. The maximum Gasteiger partial charge on any atom is 0.264 e. The van der Waals surface area contributed by atoms with Crippen LogP contribution in [0.3, 0.4) is 0 Å². The number of fused-ring (bicyclic) bond motifs is 2. The highest BCUT2D eigenvalue weighted by Gasteiger charge is 2.19. The monoisotopic (exact) mass is 387 g/mol. The molecule has 0 saturated heterocycles. The summed E-state index contributed by atoms with van der Waals surface area (Å²) in [6, 6.07) is 18.0. The van der Waals surface area contributed by atoms with Gasteiger partial charge in [0, 0.05) is 18.8 Å². The highest BCUT2D eigenvalue weighted by atomic mass is 32.1. The summed E-state index contributed by atoms with van der Waals surface area (Å²) in [5.74, 6) is 0.534. The summed E-state index contributed by atoms with van der Waals surface area (Å²) in [7, 11) is 0. The molecule has 6 nitrogen and oxygen atoms in total. The van der Waals surface area contributed by atoms with Crippen LogP contribution in [0.4, 0.5) is 5.95 Å². The molecule has 4 aromatic rings. The Labute approximate surface area is 166 Å². The van der Waals surface area contributed by atoms with Gasteiger partial charge in [-0.15, -0.1) is 0 Å². The molecule has 2 aromatic heterocycles. The van der Waals surface area contributed by atoms with E-state index in [1.165, 1.54) is 11.1 Å². The third kappa shape index (κ3) is 2.80. The number of nitrogens with zero attached hydrogens (tertiary/aromatic N) is 4. The summed E-state index contributed by atoms with van der Waals surface area (Å²) in [5, 5.41) is 0.336. The van der Waals surface area contributed by atoms with E-state index in [4.69, 9.17) is 12.2 Å². The van der Waals surface area contributed by atoms with Gasteiger partial charge in [-0.25, -0.2) is 4.98 Å². The number of para-hydroxylation sites is 1. The second kappa shape index (κ2) is 6.69. The lowest BCUT2D eigenvalue weighted by atomic mass is 10.0. The molecule has 0 aliphatic carbocycles. The number of aromatic amines is 1. The minimum atomic E-state index is -0.262. The number of rotatable bonds is 2. The van der Waals surface area contributed by atoms with Crippen LogP contribution in [0.2, 0.25) is 0 Å². The third-order valence-corrected chi connectivity index (χ3v) is 5.48. The Morgan fingerprint density at radius 2 is 1.75 bits per heavy atom. The summed E-state index contributed by atoms with van der Waals surface area (Å²) in [4.78, 5) is 26.9. The van der Waals surface area contributed by atoms with Crippen molar-refractivity contribution in [3.8, 4) is 5.69 Å². The normalized spacial score (nSPS) is 13.5. The van der Waals surface area contributed by atoms with Crippen LogP contribution in [0.25, 0.3) is 16.7 Å². The minimum absolute atomic E-state index is 0.262. The zero-order valence-corrected chi connectivity index (χ0v) is 15.8. The van der Waals surface area contributed by atoms with Crippen molar-refractivity contribution in [2.75, 3.05) is 11.4 Å². The first-order valence-electron chi connectivity index (χ1n) is 9.09. The van der Waals surface area contributed by atoms with Crippen molar-refractivity contribution >= 4 is 29.2 Å². The van der Waals surface area contributed by atoms with Crippen LogP contribution in [-0.4, -0.2) is 26.1 Å². The molecule has 5 rings (SSSR count). The average Bonchev–Trinajstić information content (AvgIpc) is 2.74. The molecular weight excluding hydrogens is 370 g/mol. The number of aromatic nitrogens is 4. The predicted octanol–water partition coefficient (Wildman–Crippen LogP) is 3.40. The number of hydrogen-bond acceptors (Lipinski definition) is 5. The van der Waals surface area contributed by atoms with Gasteiger partial charge in [0.05, 0.1) is 0 Å². The highest BCUT2D eigenvalue weighted by Crippen LogP contribution is 2.22. The molecule has 1 aliphatic rings. The van der Waals surface area contributed by atoms with Crippen molar-refractivity contribution in [2.24, 2.45) is 0 Å². The van der Waals surface area contributed by atoms with E-state index in [1.807, 2.05) is 36.4 Å². The van der Waals surface area contributed by atoms with Gasteiger partial charge in [0.2, 0.25) is 5.95 Å². The first-order chi connectivity index (χ1) is 13.7. The fourth-order valence-corrected chi connectivity index (χ4v) is 3.96. The smallest absolute Gasteiger partial charge is 0.264 e. The first kappa shape index (κ1) is 16.8. The van der Waals surface area contributed by atoms with Gasteiger partial charge in [-0.2, -0.15) is 4.98 Å². The van der Waals surface area contributed by atoms with E-state index in [1.54, 1.807) is 10.9 Å². The lowest BCUT2D eigenvalue weighted by molar-refractivity contribution is 0.707. The van der Waals surface area contributed by atoms with Crippen molar-refractivity contribution in [3.63, 3.8) is 0 Å². The molecule has 1 aliphatic heterocycles. The van der Waals surface area contributed by atoms with Gasteiger partial charge >= 0.3 is 0 Å². The van der Waals surface area contributed by atoms with E-state index in [2.05, 4.69) is 38.1 Å². The molecule has 2 aromatic carbocycles. The van der Waals surface area contributed by atoms with Crippen LogP contribution in [0.5, 0.6) is 0 Å². The molecular formula is C21H17N5OS. The molecule has 28 heavy (non-hydrogen) atoms. The van der Waals surface area contributed by atoms with Gasteiger partial charge in [-0.05, 0) is 29.7 Å². The van der Waals surface area contributed by atoms with Crippen LogP contribution < -0.4 is 10.5 Å². The van der Waals surface area contributed by atoms with Crippen LogP contribution in [-0.2, 0) is 13.0 Å². The first-order valence-corrected chi connectivity index (χ1v) is 9.50. The Morgan fingerprint density at radius 1 is 1.00 bits per heavy atom. The molecule has 0 saturated carbocycles. The molecule has 0 bridgehead atoms. The molecule has 138 valence electrons. The summed E-state index contributed by atoms with van der Waals surface area (Å²) < 4.78 is 2.13. The largest absolute Gasteiger partial charge is 0.338 e. The van der Waals surface area contributed by atoms with Crippen molar-refractivity contribution in [1.82, 2.24) is 19.5 Å². The standard InChI is InChI=1S/C21H17N5OS/c27-19-17-18(22-13-26(20(17)28)16-8-2-1-3-9-16)23-21(24-19)25-11-10-14-6-4-5-7-15(14)12-25/h1-9,13H,10-12H2,(H,23,24,27). The maximum absolute atomic E-state index is 12.8. The van der Waals surface area contributed by atoms with E-state index in [0.717, 1.165) is 18.7 Å². The quantitative estimate of drug-likeness (QED) is 0.534. The van der Waals surface area contributed by atoms with Gasteiger partial charge in [-0.3, -0.25) is 14.3 Å². The average molecular weight is 387 g/mol. The number of anilines is 1. The fourth-order valence-electron chi connectivity index (χ4n) is 3.62. The lowest BCUT2D eigenvalue weighted by Gasteiger charge is -2.29. The van der Waals surface area contributed by atoms with E-state index < -0.39 is 0 Å². The predicted molar refractivity (Wildman–Crippen MR) is 112 cm³/mol. The number of benzene rings is 2. The lowest BCUT2D eigenvalue weighted by Crippen LogP contribution is -2.33. The van der Waals surface area contributed by atoms with E-state index in [0.29, 0.717) is 28.2 Å². The number of hydrogen-bond donors (Lipinski definition) is 1. The Kier molecular flexibility index (Phi) is 4.02. The van der Waals surface area contributed by atoms with Gasteiger partial charge in [0.25, 0.3) is 5.56 Å². The number of H-pyrrole nitrogens is 1. The van der Waals surface area contributed by atoms with Gasteiger partial charge in [-0.1, -0.05) is 54.7 Å². The molecule has 3 heterocycles. The van der Waals surface area contributed by atoms with Gasteiger partial charge < -0.3 is 4.90 Å². The molecule has 7 heteroatoms. The molecule has 0 radical (unpaired) electrons. The van der Waals surface area contributed by atoms with E-state index in [9.17, 15) is 4.79 Å². The zero-order valence-electron chi connectivity index (χ0n) is 15.0. The molecule has 0 unspecified atom stereocenters. The number of nitrogens with one attached hydrogen (secondary N) is 1. The molecule has 1 N–H and O–H groups in total. The Hall–Kier alpha value is -3.32. The summed E-state index contributed by atoms with van der Waals surface area (Å²) in [5.41, 5.74) is 3.56. The Bertz CT molecular complexity index is 1300. The second-order valence-electron chi connectivity index (χ2n) is 6.78. The SMILES string of the molecule is O=c1[nH]c(N2CCc3ccccc3C2)nc2ncn(-c3ccccc3)c(=S)c12. The van der Waals surface area contributed by atoms with Crippen molar-refractivity contribution in [3.05, 3.63) is 87.0 Å². The summed E-state index contributed by atoms with van der Waals surface area (Å²) in [6.45, 7) is 1.51. The van der Waals surface area contributed by atoms with E-state index >= 15 is 0 Å². The van der Waals surface area contributed by atoms with Crippen LogP contribution in [0.15, 0.2) is 65.7 Å². The fraction of sp³-hybridized carbons (Fsp3) is 0.143. The Morgan fingerprint density at radius 3 is 2.57 bits per heavy atom. The molecule has 0 amide bonds. The van der Waals surface area contributed by atoms with Crippen molar-refractivity contribution in [2.45, 2.75) is 13.0 Å². The van der Waals surface area contributed by atoms with Crippen molar-refractivity contribution in [1.29, 1.82) is 0 Å². The van der Waals surface area contributed by atoms with Gasteiger partial charge in [0.1, 0.15) is 16.4 Å². The molecule has 0 atom stereocenters. The van der Waals surface area contributed by atoms with Crippen LogP contribution >= 0.6 is 12.2 Å². The van der Waals surface area contributed by atoms with E-state index in [-0.39, 0.29) is 5.56 Å². The summed E-state index contributed by atoms with van der Waals surface area (Å²) in [6.07, 6.45) is 2.54. The molecule has 0 fully saturated rings. The Balaban J connectivity index is 1.59. The molecule has 0 spiro atoms. The third-order valence-electron chi connectivity index (χ3n) is 5.08. The van der Waals surface area contributed by atoms with Crippen LogP contribution in [0.1, 0.15) is 11.1 Å². The van der Waals surface area contributed by atoms with Crippen LogP contribution in [0, 0.1) is 4.64 Å².